The first-order chi connectivity index (χ1) is 17.6. The third kappa shape index (κ3) is 6.00. The molecule has 2 aromatic rings. The monoisotopic (exact) mass is 513 g/mol. The Labute approximate surface area is 213 Å². The number of aromatic nitrogens is 1. The van der Waals surface area contributed by atoms with Gasteiger partial charge in [0.25, 0.3) is 12.3 Å². The van der Waals surface area contributed by atoms with Crippen molar-refractivity contribution in [1.82, 2.24) is 15.6 Å². The van der Waals surface area contributed by atoms with Crippen molar-refractivity contribution in [3.63, 3.8) is 0 Å². The van der Waals surface area contributed by atoms with E-state index in [1.807, 2.05) is 6.92 Å². The molecule has 2 aliphatic rings. The number of allylic oxidation sites excluding steroid dienone is 1. The minimum Gasteiger partial charge on any atom is -0.385 e. The summed E-state index contributed by atoms with van der Waals surface area (Å²) in [4.78, 5) is 32.1. The van der Waals surface area contributed by atoms with E-state index < -0.39 is 24.7 Å². The van der Waals surface area contributed by atoms with Gasteiger partial charge in [-0.05, 0) is 73.6 Å². The topological polar surface area (TPSA) is 98.2 Å². The SMILES string of the molecule is Cc1cc(N2CC[C@@](C)(C3CC3)C2=O)cc(C(=O)NCc2cc(F)cc(/C(C=N)=C/NCC(F)F)c2)n1. The Morgan fingerprint density at radius 2 is 2.03 bits per heavy atom. The van der Waals surface area contributed by atoms with Crippen LogP contribution in [0.25, 0.3) is 5.57 Å². The number of carbonyl (C=O) groups excluding carboxylic acids is 2. The molecule has 1 aromatic carbocycles. The van der Waals surface area contributed by atoms with Crippen LogP contribution in [-0.2, 0) is 11.3 Å². The van der Waals surface area contributed by atoms with Crippen molar-refractivity contribution in [3.05, 3.63) is 64.9 Å². The maximum absolute atomic E-state index is 14.3. The zero-order chi connectivity index (χ0) is 26.7. The number of amides is 2. The second-order valence-electron chi connectivity index (χ2n) is 9.82. The van der Waals surface area contributed by atoms with Gasteiger partial charge in [-0.15, -0.1) is 0 Å². The lowest BCUT2D eigenvalue weighted by atomic mass is 9.83. The van der Waals surface area contributed by atoms with Gasteiger partial charge in [-0.2, -0.15) is 0 Å². The highest BCUT2D eigenvalue weighted by molar-refractivity contribution is 6.08. The average Bonchev–Trinajstić information content (AvgIpc) is 3.66. The molecule has 0 radical (unpaired) electrons. The number of halogens is 3. The summed E-state index contributed by atoms with van der Waals surface area (Å²) >= 11 is 0. The van der Waals surface area contributed by atoms with Gasteiger partial charge in [-0.25, -0.2) is 18.2 Å². The lowest BCUT2D eigenvalue weighted by Crippen LogP contribution is -2.34. The van der Waals surface area contributed by atoms with E-state index in [1.54, 1.807) is 30.0 Å². The number of hydrogen-bond donors (Lipinski definition) is 3. The van der Waals surface area contributed by atoms with Crippen molar-refractivity contribution in [2.75, 3.05) is 18.0 Å². The highest BCUT2D eigenvalue weighted by Gasteiger charge is 2.52. The first-order valence-electron chi connectivity index (χ1n) is 12.2. The third-order valence-electron chi connectivity index (χ3n) is 6.98. The Hall–Kier alpha value is -3.69. The standard InChI is InChI=1S/C27H30F3N5O2/c1-16-7-22(35-6-5-27(2,26(35)37)20-3-4-20)11-23(34-16)25(36)33-13-17-8-18(10-21(28)9-17)19(12-31)14-32-15-24(29)30/h7-12,14,20,24,31-32H,3-6,13,15H2,1-2H3,(H,33,36)/b19-14+,31-12?/t27-/m0/s1. The Morgan fingerprint density at radius 3 is 2.70 bits per heavy atom. The lowest BCUT2D eigenvalue weighted by Gasteiger charge is -2.23. The summed E-state index contributed by atoms with van der Waals surface area (Å²) < 4.78 is 39.0. The van der Waals surface area contributed by atoms with Crippen molar-refractivity contribution in [2.45, 2.75) is 46.1 Å². The van der Waals surface area contributed by atoms with Gasteiger partial charge in [-0.1, -0.05) is 6.92 Å². The van der Waals surface area contributed by atoms with Crippen molar-refractivity contribution in [3.8, 4) is 0 Å². The highest BCUT2D eigenvalue weighted by Crippen LogP contribution is 2.51. The van der Waals surface area contributed by atoms with E-state index in [0.717, 1.165) is 25.5 Å². The van der Waals surface area contributed by atoms with Crippen LogP contribution in [0.5, 0.6) is 0 Å². The molecule has 1 aromatic heterocycles. The second kappa shape index (κ2) is 10.7. The Kier molecular flexibility index (Phi) is 7.65. The molecule has 196 valence electrons. The molecule has 1 saturated carbocycles. The number of aryl methyl sites for hydroxylation is 1. The summed E-state index contributed by atoms with van der Waals surface area (Å²) in [6.07, 6.45) is 2.52. The number of benzene rings is 1. The van der Waals surface area contributed by atoms with Crippen molar-refractivity contribution >= 4 is 29.3 Å². The fraction of sp³-hybridized carbons (Fsp3) is 0.407. The Morgan fingerprint density at radius 1 is 1.27 bits per heavy atom. The third-order valence-corrected chi connectivity index (χ3v) is 6.98. The molecule has 1 aliphatic heterocycles. The van der Waals surface area contributed by atoms with Crippen molar-refractivity contribution in [1.29, 1.82) is 5.41 Å². The lowest BCUT2D eigenvalue weighted by molar-refractivity contribution is -0.125. The van der Waals surface area contributed by atoms with Crippen LogP contribution in [0.4, 0.5) is 18.9 Å². The number of rotatable bonds is 10. The minimum atomic E-state index is -2.57. The molecular formula is C27H30F3N5O2. The number of hydrogen-bond acceptors (Lipinski definition) is 5. The first-order valence-corrected chi connectivity index (χ1v) is 12.2. The normalized spacial score (nSPS) is 19.9. The van der Waals surface area contributed by atoms with E-state index in [0.29, 0.717) is 35.0 Å². The largest absolute Gasteiger partial charge is 0.385 e. The molecule has 0 spiro atoms. The molecule has 3 N–H and O–H groups in total. The van der Waals surface area contributed by atoms with Crippen LogP contribution in [0, 0.1) is 29.5 Å². The summed E-state index contributed by atoms with van der Waals surface area (Å²) in [5, 5.41) is 12.7. The molecule has 1 saturated heterocycles. The van der Waals surface area contributed by atoms with E-state index in [2.05, 4.69) is 15.6 Å². The van der Waals surface area contributed by atoms with Crippen molar-refractivity contribution in [2.24, 2.45) is 11.3 Å². The number of nitrogens with one attached hydrogen (secondary N) is 3. The number of pyridine rings is 1. The number of alkyl halides is 2. The predicted octanol–water partition coefficient (Wildman–Crippen LogP) is 4.46. The fourth-order valence-electron chi connectivity index (χ4n) is 4.79. The smallest absolute Gasteiger partial charge is 0.270 e. The maximum atomic E-state index is 14.3. The summed E-state index contributed by atoms with van der Waals surface area (Å²) in [5.41, 5.74) is 1.98. The molecule has 4 rings (SSSR count). The van der Waals surface area contributed by atoms with Gasteiger partial charge in [-0.3, -0.25) is 9.59 Å². The molecular weight excluding hydrogens is 483 g/mol. The van der Waals surface area contributed by atoms with Crippen LogP contribution in [0.1, 0.15) is 53.5 Å². The molecule has 1 aliphatic carbocycles. The van der Waals surface area contributed by atoms with E-state index in [-0.39, 0.29) is 29.1 Å². The molecule has 10 heteroatoms. The quantitative estimate of drug-likeness (QED) is 0.409. The van der Waals surface area contributed by atoms with E-state index in [9.17, 15) is 22.8 Å². The van der Waals surface area contributed by atoms with Crippen LogP contribution in [0.3, 0.4) is 0 Å². The predicted molar refractivity (Wildman–Crippen MR) is 135 cm³/mol. The van der Waals surface area contributed by atoms with Crippen molar-refractivity contribution < 1.29 is 22.8 Å². The minimum absolute atomic E-state index is 0.0211. The van der Waals surface area contributed by atoms with Crippen LogP contribution >= 0.6 is 0 Å². The van der Waals surface area contributed by atoms with E-state index in [1.165, 1.54) is 18.3 Å². The Bertz CT molecular complexity index is 1240. The molecule has 1 atom stereocenters. The van der Waals surface area contributed by atoms with Crippen LogP contribution < -0.4 is 15.5 Å². The fourth-order valence-corrected chi connectivity index (χ4v) is 4.79. The van der Waals surface area contributed by atoms with Crippen LogP contribution in [0.2, 0.25) is 0 Å². The molecule has 0 unspecified atom stereocenters. The van der Waals surface area contributed by atoms with Gasteiger partial charge in [0.1, 0.15) is 11.5 Å². The summed E-state index contributed by atoms with van der Waals surface area (Å²) in [6, 6.07) is 7.39. The number of carbonyl (C=O) groups is 2. The zero-order valence-electron chi connectivity index (χ0n) is 20.8. The van der Waals surface area contributed by atoms with Crippen LogP contribution in [0.15, 0.2) is 36.5 Å². The molecule has 0 bridgehead atoms. The van der Waals surface area contributed by atoms with Gasteiger partial charge in [0.2, 0.25) is 5.91 Å². The molecule has 37 heavy (non-hydrogen) atoms. The first kappa shape index (κ1) is 26.4. The van der Waals surface area contributed by atoms with E-state index in [4.69, 9.17) is 5.41 Å². The zero-order valence-corrected chi connectivity index (χ0v) is 20.8. The summed E-state index contributed by atoms with van der Waals surface area (Å²) in [6.45, 7) is 3.76. The number of nitrogens with zero attached hydrogens (tertiary/aromatic N) is 2. The molecule has 7 nitrogen and oxygen atoms in total. The van der Waals surface area contributed by atoms with Gasteiger partial charge in [0.05, 0.1) is 12.0 Å². The second-order valence-corrected chi connectivity index (χ2v) is 9.82. The number of anilines is 1. The summed E-state index contributed by atoms with van der Waals surface area (Å²) in [5.74, 6) is -0.563. The van der Waals surface area contributed by atoms with Gasteiger partial charge < -0.3 is 20.9 Å². The highest BCUT2D eigenvalue weighted by atomic mass is 19.3. The average molecular weight is 514 g/mol. The van der Waals surface area contributed by atoms with Crippen LogP contribution in [-0.4, -0.2) is 42.5 Å². The van der Waals surface area contributed by atoms with E-state index >= 15 is 0 Å². The van der Waals surface area contributed by atoms with Gasteiger partial charge >= 0.3 is 0 Å². The Balaban J connectivity index is 1.47. The van der Waals surface area contributed by atoms with Gasteiger partial charge in [0.15, 0.2) is 0 Å². The maximum Gasteiger partial charge on any atom is 0.270 e. The molecule has 2 amide bonds. The molecule has 2 heterocycles. The summed E-state index contributed by atoms with van der Waals surface area (Å²) in [7, 11) is 0. The van der Waals surface area contributed by atoms with Gasteiger partial charge in [0, 0.05) is 42.5 Å². The molecule has 2 fully saturated rings.